The molecule has 4 aromatic rings. The first kappa shape index (κ1) is 17.2. The van der Waals surface area contributed by atoms with Crippen LogP contribution in [0, 0.1) is 0 Å². The van der Waals surface area contributed by atoms with Gasteiger partial charge in [-0.1, -0.05) is 42.5 Å². The summed E-state index contributed by atoms with van der Waals surface area (Å²) in [7, 11) is 1.58. The molecule has 0 saturated carbocycles. The number of thiazole rings is 1. The van der Waals surface area contributed by atoms with Gasteiger partial charge in [0, 0.05) is 5.56 Å². The minimum atomic E-state index is 0.487. The van der Waals surface area contributed by atoms with Crippen LogP contribution >= 0.6 is 11.3 Å². The topological polar surface area (TPSA) is 48.4 Å². The maximum absolute atomic E-state index is 11.2. The van der Waals surface area contributed by atoms with Crippen molar-refractivity contribution in [2.75, 3.05) is 7.11 Å². The first-order chi connectivity index (χ1) is 13.3. The number of carbonyl (C=O) groups excluding carboxylic acids is 1. The predicted molar refractivity (Wildman–Crippen MR) is 108 cm³/mol. The first-order valence-electron chi connectivity index (χ1n) is 8.48. The molecular weight excluding hydrogens is 358 g/mol. The number of aldehydes is 1. The number of carbonyl (C=O) groups is 1. The molecule has 0 aliphatic heterocycles. The Labute approximate surface area is 161 Å². The number of hydrogen-bond acceptors (Lipinski definition) is 5. The minimum absolute atomic E-state index is 0.487. The Morgan fingerprint density at radius 3 is 2.56 bits per heavy atom. The summed E-state index contributed by atoms with van der Waals surface area (Å²) >= 11 is 1.52. The summed E-state index contributed by atoms with van der Waals surface area (Å²) in [4.78, 5) is 15.9. The van der Waals surface area contributed by atoms with Gasteiger partial charge >= 0.3 is 0 Å². The van der Waals surface area contributed by atoms with Gasteiger partial charge in [-0.2, -0.15) is 0 Å². The Kier molecular flexibility index (Phi) is 4.85. The van der Waals surface area contributed by atoms with Gasteiger partial charge in [0.2, 0.25) is 0 Å². The summed E-state index contributed by atoms with van der Waals surface area (Å²) in [5, 5.41) is 0.829. The van der Waals surface area contributed by atoms with E-state index < -0.39 is 0 Å². The molecule has 27 heavy (non-hydrogen) atoms. The fourth-order valence-electron chi connectivity index (χ4n) is 2.86. The van der Waals surface area contributed by atoms with E-state index in [1.165, 1.54) is 11.3 Å². The monoisotopic (exact) mass is 375 g/mol. The molecule has 3 aromatic carbocycles. The molecule has 0 N–H and O–H groups in total. The van der Waals surface area contributed by atoms with E-state index in [0.29, 0.717) is 17.9 Å². The van der Waals surface area contributed by atoms with Crippen molar-refractivity contribution in [2.24, 2.45) is 0 Å². The minimum Gasteiger partial charge on any atom is -0.494 e. The Bertz CT molecular complexity index is 1090. The van der Waals surface area contributed by atoms with Crippen molar-refractivity contribution < 1.29 is 14.3 Å². The van der Waals surface area contributed by atoms with Crippen LogP contribution in [-0.2, 0) is 6.61 Å². The van der Waals surface area contributed by atoms with Gasteiger partial charge in [0.05, 0.1) is 17.4 Å². The molecule has 0 aliphatic carbocycles. The number of para-hydroxylation sites is 1. The van der Waals surface area contributed by atoms with Crippen LogP contribution in [0.1, 0.15) is 15.9 Å². The number of fused-ring (bicyclic) bond motifs is 1. The Morgan fingerprint density at radius 1 is 1.00 bits per heavy atom. The lowest BCUT2D eigenvalue weighted by atomic mass is 10.2. The second kappa shape index (κ2) is 7.60. The quantitative estimate of drug-likeness (QED) is 0.426. The van der Waals surface area contributed by atoms with Gasteiger partial charge in [-0.15, -0.1) is 11.3 Å². The average molecular weight is 375 g/mol. The van der Waals surface area contributed by atoms with E-state index in [1.54, 1.807) is 13.2 Å². The molecule has 0 bridgehead atoms. The molecule has 1 heterocycles. The molecular formula is C22H17NO3S. The summed E-state index contributed by atoms with van der Waals surface area (Å²) in [6, 6.07) is 21.4. The molecule has 0 unspecified atom stereocenters. The highest BCUT2D eigenvalue weighted by Gasteiger charge is 2.15. The van der Waals surface area contributed by atoms with Gasteiger partial charge in [-0.3, -0.25) is 4.79 Å². The molecule has 0 radical (unpaired) electrons. The van der Waals surface area contributed by atoms with Crippen LogP contribution in [0.3, 0.4) is 0 Å². The van der Waals surface area contributed by atoms with E-state index in [9.17, 15) is 4.79 Å². The summed E-state index contributed by atoms with van der Waals surface area (Å²) in [6.45, 7) is 0.487. The van der Waals surface area contributed by atoms with E-state index in [2.05, 4.69) is 0 Å². The van der Waals surface area contributed by atoms with Gasteiger partial charge in [0.1, 0.15) is 34.9 Å². The zero-order valence-electron chi connectivity index (χ0n) is 14.7. The van der Waals surface area contributed by atoms with Crippen molar-refractivity contribution in [1.29, 1.82) is 0 Å². The molecule has 0 spiro atoms. The van der Waals surface area contributed by atoms with Crippen molar-refractivity contribution in [2.45, 2.75) is 6.61 Å². The highest BCUT2D eigenvalue weighted by atomic mass is 32.1. The molecule has 0 amide bonds. The van der Waals surface area contributed by atoms with Crippen LogP contribution in [0.4, 0.5) is 0 Å². The van der Waals surface area contributed by atoms with Gasteiger partial charge in [-0.25, -0.2) is 4.98 Å². The molecule has 4 rings (SSSR count). The molecule has 5 heteroatoms. The van der Waals surface area contributed by atoms with Crippen LogP contribution < -0.4 is 9.47 Å². The van der Waals surface area contributed by atoms with Gasteiger partial charge < -0.3 is 9.47 Å². The molecule has 0 aliphatic rings. The van der Waals surface area contributed by atoms with Gasteiger partial charge in [0.25, 0.3) is 0 Å². The number of ether oxygens (including phenoxy) is 2. The van der Waals surface area contributed by atoms with E-state index in [-0.39, 0.29) is 0 Å². The predicted octanol–water partition coefficient (Wildman–Crippen LogP) is 5.36. The standard InChI is InChI=1S/C22H17NO3S/c1-25-19-11-16(13-24)12-20-21(19)23-22(27-20)17-9-5-6-10-18(17)26-14-15-7-3-2-4-8-15/h2-13H,14H2,1H3. The maximum Gasteiger partial charge on any atom is 0.150 e. The SMILES string of the molecule is COc1cc(C=O)cc2sc(-c3ccccc3OCc3ccccc3)nc12. The van der Waals surface area contributed by atoms with Gasteiger partial charge in [-0.05, 0) is 29.8 Å². The van der Waals surface area contributed by atoms with Crippen molar-refractivity contribution in [1.82, 2.24) is 4.98 Å². The summed E-state index contributed by atoms with van der Waals surface area (Å²) in [5.41, 5.74) is 3.35. The molecule has 1 aromatic heterocycles. The Hall–Kier alpha value is -3.18. The third-order valence-electron chi connectivity index (χ3n) is 4.19. The van der Waals surface area contributed by atoms with E-state index in [0.717, 1.165) is 38.4 Å². The summed E-state index contributed by atoms with van der Waals surface area (Å²) in [6.07, 6.45) is 0.818. The van der Waals surface area contributed by atoms with Gasteiger partial charge in [0.15, 0.2) is 0 Å². The zero-order chi connectivity index (χ0) is 18.6. The number of rotatable bonds is 6. The van der Waals surface area contributed by atoms with Crippen LogP contribution in [0.5, 0.6) is 11.5 Å². The molecule has 0 fully saturated rings. The zero-order valence-corrected chi connectivity index (χ0v) is 15.5. The van der Waals surface area contributed by atoms with E-state index in [4.69, 9.17) is 14.5 Å². The van der Waals surface area contributed by atoms with Crippen molar-refractivity contribution in [3.05, 3.63) is 77.9 Å². The lowest BCUT2D eigenvalue weighted by Crippen LogP contribution is -1.96. The summed E-state index contributed by atoms with van der Waals surface area (Å²) < 4.78 is 12.4. The lowest BCUT2D eigenvalue weighted by molar-refractivity contribution is 0.112. The summed E-state index contributed by atoms with van der Waals surface area (Å²) in [5.74, 6) is 1.37. The Morgan fingerprint density at radius 2 is 1.78 bits per heavy atom. The maximum atomic E-state index is 11.2. The third-order valence-corrected chi connectivity index (χ3v) is 5.23. The third kappa shape index (κ3) is 3.55. The molecule has 4 nitrogen and oxygen atoms in total. The second-order valence-corrected chi connectivity index (χ2v) is 7.01. The smallest absolute Gasteiger partial charge is 0.150 e. The second-order valence-electron chi connectivity index (χ2n) is 5.98. The first-order valence-corrected chi connectivity index (χ1v) is 9.30. The highest BCUT2D eigenvalue weighted by molar-refractivity contribution is 7.21. The fraction of sp³-hybridized carbons (Fsp3) is 0.0909. The molecule has 134 valence electrons. The van der Waals surface area contributed by atoms with E-state index in [1.807, 2.05) is 60.7 Å². The largest absolute Gasteiger partial charge is 0.494 e. The number of aromatic nitrogens is 1. The number of methoxy groups -OCH3 is 1. The van der Waals surface area contributed by atoms with Crippen LogP contribution in [0.15, 0.2) is 66.7 Å². The lowest BCUT2D eigenvalue weighted by Gasteiger charge is -2.09. The Balaban J connectivity index is 1.72. The number of nitrogens with zero attached hydrogens (tertiary/aromatic N) is 1. The average Bonchev–Trinajstić information content (AvgIpc) is 3.16. The van der Waals surface area contributed by atoms with Crippen molar-refractivity contribution >= 4 is 27.8 Å². The molecule has 0 atom stereocenters. The number of hydrogen-bond donors (Lipinski definition) is 0. The normalized spacial score (nSPS) is 10.7. The van der Waals surface area contributed by atoms with Crippen LogP contribution in [0.25, 0.3) is 20.8 Å². The van der Waals surface area contributed by atoms with Crippen LogP contribution in [-0.4, -0.2) is 18.4 Å². The fourth-order valence-corrected chi connectivity index (χ4v) is 3.92. The van der Waals surface area contributed by atoms with Crippen molar-refractivity contribution in [3.63, 3.8) is 0 Å². The number of benzene rings is 3. The van der Waals surface area contributed by atoms with Crippen LogP contribution in [0.2, 0.25) is 0 Å². The molecule has 0 saturated heterocycles. The van der Waals surface area contributed by atoms with E-state index >= 15 is 0 Å². The highest BCUT2D eigenvalue weighted by Crippen LogP contribution is 2.39. The van der Waals surface area contributed by atoms with Crippen molar-refractivity contribution in [3.8, 4) is 22.1 Å².